The highest BCUT2D eigenvalue weighted by molar-refractivity contribution is 6.39. The van der Waals surface area contributed by atoms with Crippen LogP contribution in [0.4, 0.5) is 0 Å². The summed E-state index contributed by atoms with van der Waals surface area (Å²) in [5, 5.41) is 101. The number of hydrogen-bond donors (Lipinski definition) is 9. The summed E-state index contributed by atoms with van der Waals surface area (Å²) in [4.78, 5) is 39.4. The Labute approximate surface area is 537 Å². The molecule has 34 heteroatoms. The van der Waals surface area contributed by atoms with E-state index in [0.29, 0.717) is 0 Å². The molecular weight excluding hydrogens is 1280 g/mol. The quantitative estimate of drug-likeness (QED) is 0.0994. The van der Waals surface area contributed by atoms with Crippen molar-refractivity contribution < 1.29 is 155 Å². The highest BCUT2D eigenvalue weighted by Crippen LogP contribution is 2.53. The number of hydrogen-bond acceptors (Lipinski definition) is 32. The Morgan fingerprint density at radius 1 is 0.652 bits per heavy atom. The van der Waals surface area contributed by atoms with E-state index in [1.807, 2.05) is 0 Å². The van der Waals surface area contributed by atoms with Gasteiger partial charge in [0.05, 0.1) is 73.3 Å². The van der Waals surface area contributed by atoms with Gasteiger partial charge in [0, 0.05) is 20.0 Å². The second kappa shape index (κ2) is 26.7. The Hall–Kier alpha value is -2.99. The van der Waals surface area contributed by atoms with Crippen LogP contribution in [0.25, 0.3) is 0 Å². The van der Waals surface area contributed by atoms with Gasteiger partial charge in [0.1, 0.15) is 96.2 Å². The Balaban J connectivity index is 0.708. The SMILES string of the molecule is CO[C@@H]1[C@H](O[C@H]2C[C@@]3(C)OC4(C[C@@H](O)[C@H](O[C@H]5C[C@@H](O)[C@H](OC(=O)c6c(C)c(Cl)c(O)c(Cl)c6O)[C@@H](C)O5)[C@@H](C)O4)O[C@@H]3[C@@H](C)O2)[C@@H](O)[C@H](O[C@H]2[C@H](O)[C@H](O)[C@H](O[C@H]3OC[C@@H]4O[C@]5(O[C@H]4[C@H]3OC(=O)C(C)C)O[C@H](C)[C@@](O)(C(C)=O)[C@@H]3OCO[C@H]35)O[C@@H]2CO)O[C@@H]1C. The molecule has 1 aromatic carbocycles. The van der Waals surface area contributed by atoms with E-state index in [-0.39, 0.29) is 43.2 Å². The van der Waals surface area contributed by atoms with Gasteiger partial charge in [0.2, 0.25) is 6.29 Å². The molecule has 0 amide bonds. The zero-order valence-electron chi connectivity index (χ0n) is 52.1. The van der Waals surface area contributed by atoms with Crippen LogP contribution in [-0.2, 0) is 104 Å². The third kappa shape index (κ3) is 12.5. The molecule has 0 bridgehead atoms. The minimum Gasteiger partial charge on any atom is -0.505 e. The fourth-order valence-electron chi connectivity index (χ4n) is 14.0. The third-order valence-corrected chi connectivity index (χ3v) is 19.6. The molecule has 11 rings (SSSR count). The van der Waals surface area contributed by atoms with Crippen molar-refractivity contribution in [3.05, 3.63) is 21.2 Å². The molecular formula is C58H82Cl2O32. The van der Waals surface area contributed by atoms with E-state index in [2.05, 4.69) is 0 Å². The summed E-state index contributed by atoms with van der Waals surface area (Å²) in [5.41, 5.74) is -3.81. The van der Waals surface area contributed by atoms with Crippen LogP contribution in [-0.4, -0.2) is 280 Å². The van der Waals surface area contributed by atoms with E-state index in [1.165, 1.54) is 34.8 Å². The molecule has 0 aliphatic carbocycles. The van der Waals surface area contributed by atoms with Gasteiger partial charge in [-0.15, -0.1) is 0 Å². The molecule has 10 fully saturated rings. The maximum Gasteiger partial charge on any atom is 0.342 e. The number of ether oxygens (including phenoxy) is 20. The minimum atomic E-state index is -2.15. The van der Waals surface area contributed by atoms with E-state index in [0.717, 1.165) is 0 Å². The first kappa shape index (κ1) is 70.3. The van der Waals surface area contributed by atoms with Crippen LogP contribution in [0.1, 0.15) is 97.5 Å². The summed E-state index contributed by atoms with van der Waals surface area (Å²) < 4.78 is 123. The van der Waals surface area contributed by atoms with Gasteiger partial charge in [-0.2, -0.15) is 0 Å². The lowest BCUT2D eigenvalue weighted by Gasteiger charge is -2.49. The molecule has 2 spiro atoms. The summed E-state index contributed by atoms with van der Waals surface area (Å²) in [5.74, 6) is -8.50. The molecule has 10 heterocycles. The number of esters is 2. The average Bonchev–Trinajstić information content (AvgIpc) is 1.54. The number of halogens is 2. The zero-order valence-corrected chi connectivity index (χ0v) is 53.6. The first-order valence-electron chi connectivity index (χ1n) is 30.6. The molecule has 520 valence electrons. The predicted molar refractivity (Wildman–Crippen MR) is 298 cm³/mol. The average molecular weight is 1360 g/mol. The molecule has 9 N–H and O–H groups in total. The number of benzene rings is 1. The van der Waals surface area contributed by atoms with Crippen LogP contribution in [0.3, 0.4) is 0 Å². The summed E-state index contributed by atoms with van der Waals surface area (Å²) >= 11 is 12.1. The molecule has 10 saturated heterocycles. The van der Waals surface area contributed by atoms with Crippen LogP contribution < -0.4 is 0 Å². The van der Waals surface area contributed by atoms with Crippen LogP contribution >= 0.6 is 23.2 Å². The number of aromatic hydroxyl groups is 2. The smallest absolute Gasteiger partial charge is 0.342 e. The lowest BCUT2D eigenvalue weighted by Crippen LogP contribution is -2.72. The number of phenolic OH excluding ortho intramolecular Hbond substituents is 2. The fraction of sp³-hybridized carbons (Fsp3) is 0.845. The first-order valence-corrected chi connectivity index (χ1v) is 31.3. The molecule has 0 saturated carbocycles. The Morgan fingerprint density at radius 2 is 1.33 bits per heavy atom. The van der Waals surface area contributed by atoms with Crippen molar-refractivity contribution in [2.75, 3.05) is 27.1 Å². The molecule has 10 aliphatic heterocycles. The number of fused-ring (bicyclic) bond motifs is 4. The lowest BCUT2D eigenvalue weighted by molar-refractivity contribution is -0.428. The molecule has 32 nitrogen and oxygen atoms in total. The molecule has 10 aliphatic rings. The largest absolute Gasteiger partial charge is 0.505 e. The Morgan fingerprint density at radius 3 is 1.99 bits per heavy atom. The zero-order chi connectivity index (χ0) is 66.7. The van der Waals surface area contributed by atoms with Gasteiger partial charge >= 0.3 is 17.9 Å². The van der Waals surface area contributed by atoms with Crippen molar-refractivity contribution in [3.8, 4) is 11.5 Å². The molecule has 0 aromatic heterocycles. The van der Waals surface area contributed by atoms with Gasteiger partial charge in [0.25, 0.3) is 5.97 Å². The number of rotatable bonds is 15. The summed E-state index contributed by atoms with van der Waals surface area (Å²) in [6, 6.07) is 0. The molecule has 0 radical (unpaired) electrons. The van der Waals surface area contributed by atoms with Gasteiger partial charge < -0.3 is 141 Å². The number of Topliss-reactive ketones (excluding diaryl/α,β-unsaturated/α-hetero) is 1. The van der Waals surface area contributed by atoms with E-state index in [1.54, 1.807) is 41.5 Å². The maximum atomic E-state index is 13.3. The van der Waals surface area contributed by atoms with Gasteiger partial charge in [-0.05, 0) is 61.0 Å². The normalized spacial score (nSPS) is 48.5. The van der Waals surface area contributed by atoms with Crippen LogP contribution in [0.2, 0.25) is 10.0 Å². The van der Waals surface area contributed by atoms with E-state index in [9.17, 15) is 60.3 Å². The number of ketones is 1. The van der Waals surface area contributed by atoms with Crippen LogP contribution in [0.15, 0.2) is 0 Å². The van der Waals surface area contributed by atoms with Gasteiger partial charge in [-0.3, -0.25) is 9.59 Å². The van der Waals surface area contributed by atoms with E-state index >= 15 is 0 Å². The van der Waals surface area contributed by atoms with Crippen LogP contribution in [0, 0.1) is 12.8 Å². The van der Waals surface area contributed by atoms with Crippen molar-refractivity contribution in [2.24, 2.45) is 5.92 Å². The number of carbonyl (C=O) groups excluding carboxylic acids is 3. The van der Waals surface area contributed by atoms with Crippen molar-refractivity contribution >= 4 is 40.9 Å². The molecule has 1 unspecified atom stereocenters. The Kier molecular flexibility index (Phi) is 20.4. The standard InChI is InChI=1S/C58H82Cl2O32/c1-18(2)50(70)84-46-44-29(89-58(90-44)49-48(75-17-76-49)57(72,24(8)62)25(9)88-58)16-74-54(46)86-52-38(68)37(67)43(28(15-61)80-52)85-53-39(69)45(42(73-11)21(5)79-53)82-31-14-55(10)47(23(7)78-31)91-56(92-55)13-27(64)41(22(6)87-56)81-30-12-26(63)40(20(4)77-30)83-51(71)32-19(3)33(59)36(66)34(60)35(32)65/h18,20-23,25-31,37-49,52-54,61,63-69,72H,12-17H2,1-11H3/t20-,21-,22-,23-,25-,26-,27-,28-,29+,30+,31+,37-,38+,39-,40-,41-,42+,43-,44-,45-,46-,47-,48-,49-,52+,53+,54-,55-,56?,57+,58-/m1/s1. The van der Waals surface area contributed by atoms with Crippen molar-refractivity contribution in [1.29, 1.82) is 0 Å². The monoisotopic (exact) mass is 1360 g/mol. The third-order valence-electron chi connectivity index (χ3n) is 18.8. The maximum absolute atomic E-state index is 13.3. The summed E-state index contributed by atoms with van der Waals surface area (Å²) in [7, 11) is 1.37. The number of methoxy groups -OCH3 is 1. The highest BCUT2D eigenvalue weighted by atomic mass is 35.5. The summed E-state index contributed by atoms with van der Waals surface area (Å²) in [6.07, 6.45) is -36.0. The van der Waals surface area contributed by atoms with Crippen molar-refractivity contribution in [1.82, 2.24) is 0 Å². The minimum absolute atomic E-state index is 0.0133. The second-order valence-corrected chi connectivity index (χ2v) is 26.3. The molecule has 31 atom stereocenters. The number of aliphatic hydroxyl groups is 7. The van der Waals surface area contributed by atoms with Gasteiger partial charge in [-0.1, -0.05) is 37.0 Å². The highest BCUT2D eigenvalue weighted by Gasteiger charge is 2.73. The van der Waals surface area contributed by atoms with Crippen LogP contribution in [0.5, 0.6) is 11.5 Å². The topological polar surface area (TPSA) is 418 Å². The van der Waals surface area contributed by atoms with Gasteiger partial charge in [-0.25, -0.2) is 4.79 Å². The van der Waals surface area contributed by atoms with Crippen molar-refractivity contribution in [3.63, 3.8) is 0 Å². The predicted octanol–water partition coefficient (Wildman–Crippen LogP) is -0.559. The van der Waals surface area contributed by atoms with Gasteiger partial charge in [0.15, 0.2) is 66.4 Å². The van der Waals surface area contributed by atoms with E-state index < -0.39 is 241 Å². The van der Waals surface area contributed by atoms with Crippen molar-refractivity contribution in [2.45, 2.75) is 277 Å². The fourth-order valence-corrected chi connectivity index (χ4v) is 14.4. The lowest BCUT2D eigenvalue weighted by atomic mass is 9.81. The number of carbonyl (C=O) groups is 3. The number of phenols is 2. The molecule has 92 heavy (non-hydrogen) atoms. The summed E-state index contributed by atoms with van der Waals surface area (Å²) in [6.45, 7) is 13.8. The first-order chi connectivity index (χ1) is 43.3. The van der Waals surface area contributed by atoms with E-state index in [4.69, 9.17) is 118 Å². The second-order valence-electron chi connectivity index (χ2n) is 25.6. The Bertz CT molecular complexity index is 2800. The molecule has 1 aromatic rings. The number of aliphatic hydroxyl groups excluding tert-OH is 6.